The second kappa shape index (κ2) is 6.62. The van der Waals surface area contributed by atoms with Crippen LogP contribution in [0.4, 0.5) is 0 Å². The van der Waals surface area contributed by atoms with Gasteiger partial charge in [-0.1, -0.05) is 12.1 Å². The van der Waals surface area contributed by atoms with Crippen molar-refractivity contribution < 1.29 is 22.8 Å². The van der Waals surface area contributed by atoms with Crippen LogP contribution in [0, 0.1) is 0 Å². The Hall–Kier alpha value is -3.00. The van der Waals surface area contributed by atoms with Crippen molar-refractivity contribution in [3.8, 4) is 0 Å². The summed E-state index contributed by atoms with van der Waals surface area (Å²) in [7, 11) is -3.94. The molecular weight excluding hydrogens is 368 g/mol. The third kappa shape index (κ3) is 3.12. The van der Waals surface area contributed by atoms with E-state index in [1.165, 1.54) is 41.3 Å². The lowest BCUT2D eigenvalue weighted by molar-refractivity contribution is -0.119. The monoisotopic (exact) mass is 386 g/mol. The summed E-state index contributed by atoms with van der Waals surface area (Å²) in [5.41, 5.74) is 5.40. The van der Waals surface area contributed by atoms with Gasteiger partial charge in [-0.3, -0.25) is 14.4 Å². The minimum absolute atomic E-state index is 0.0243. The number of benzene rings is 2. The number of hydrogen-bond acceptors (Lipinski definition) is 5. The van der Waals surface area contributed by atoms with Gasteiger partial charge >= 0.3 is 0 Å². The highest BCUT2D eigenvalue weighted by Gasteiger charge is 2.35. The topological polar surface area (TPSA) is 115 Å². The van der Waals surface area contributed by atoms with E-state index in [0.717, 1.165) is 0 Å². The molecule has 8 heteroatoms. The summed E-state index contributed by atoms with van der Waals surface area (Å²) >= 11 is 0. The van der Waals surface area contributed by atoms with Gasteiger partial charge in [-0.05, 0) is 44.2 Å². The lowest BCUT2D eigenvalue weighted by Crippen LogP contribution is -2.42. The Balaban J connectivity index is 2.12. The first-order chi connectivity index (χ1) is 12.6. The molecule has 2 aromatic carbocycles. The van der Waals surface area contributed by atoms with E-state index in [1.807, 2.05) is 0 Å². The largest absolute Gasteiger partial charge is 0.368 e. The van der Waals surface area contributed by atoms with Crippen LogP contribution in [0.1, 0.15) is 40.1 Å². The maximum Gasteiger partial charge on any atom is 0.254 e. The zero-order valence-electron chi connectivity index (χ0n) is 14.8. The van der Waals surface area contributed by atoms with Crippen molar-refractivity contribution in [3.05, 3.63) is 59.2 Å². The molecule has 140 valence electrons. The Kier molecular flexibility index (Phi) is 4.61. The van der Waals surface area contributed by atoms with Crippen molar-refractivity contribution in [3.63, 3.8) is 0 Å². The standard InChI is InChI=1S/C19H18N2O5S/c1-11(2)21(10-17(20)22)19(24)12-7-8-14-16(9-12)27(25,26)15-6-4-3-5-13(15)18(14)23/h3-9,11H,10H2,1-2H3,(H2,20,22). The highest BCUT2D eigenvalue weighted by Crippen LogP contribution is 2.35. The molecule has 0 fully saturated rings. The summed E-state index contributed by atoms with van der Waals surface area (Å²) in [5, 5.41) is 0. The molecule has 1 aliphatic rings. The van der Waals surface area contributed by atoms with Crippen LogP contribution in [-0.4, -0.2) is 43.5 Å². The van der Waals surface area contributed by atoms with E-state index in [0.29, 0.717) is 0 Å². The summed E-state index contributed by atoms with van der Waals surface area (Å²) in [5.74, 6) is -1.62. The van der Waals surface area contributed by atoms with Gasteiger partial charge in [-0.15, -0.1) is 0 Å². The Morgan fingerprint density at radius 3 is 2.30 bits per heavy atom. The van der Waals surface area contributed by atoms with E-state index in [1.54, 1.807) is 19.9 Å². The van der Waals surface area contributed by atoms with E-state index in [2.05, 4.69) is 0 Å². The number of carbonyl (C=O) groups is 3. The van der Waals surface area contributed by atoms with Gasteiger partial charge in [0.15, 0.2) is 5.78 Å². The van der Waals surface area contributed by atoms with Crippen molar-refractivity contribution in [1.82, 2.24) is 4.90 Å². The number of hydrogen-bond donors (Lipinski definition) is 1. The fourth-order valence-corrected chi connectivity index (χ4v) is 4.72. The van der Waals surface area contributed by atoms with Crippen molar-refractivity contribution in [1.29, 1.82) is 0 Å². The first-order valence-electron chi connectivity index (χ1n) is 8.26. The third-order valence-electron chi connectivity index (χ3n) is 4.39. The lowest BCUT2D eigenvalue weighted by atomic mass is 10.0. The maximum absolute atomic E-state index is 12.9. The molecule has 7 nitrogen and oxygen atoms in total. The molecule has 0 spiro atoms. The van der Waals surface area contributed by atoms with Gasteiger partial charge in [0.25, 0.3) is 5.91 Å². The normalized spacial score (nSPS) is 14.4. The van der Waals surface area contributed by atoms with E-state index in [9.17, 15) is 22.8 Å². The van der Waals surface area contributed by atoms with Crippen molar-refractivity contribution in [2.24, 2.45) is 5.73 Å². The predicted octanol–water partition coefficient (Wildman–Crippen LogP) is 1.40. The number of nitrogens with two attached hydrogens (primary N) is 1. The second-order valence-corrected chi connectivity index (χ2v) is 8.42. The van der Waals surface area contributed by atoms with Crippen LogP contribution < -0.4 is 5.73 Å². The summed E-state index contributed by atoms with van der Waals surface area (Å²) in [4.78, 5) is 37.6. The number of sulfone groups is 1. The van der Waals surface area contributed by atoms with Gasteiger partial charge < -0.3 is 10.6 Å². The second-order valence-electron chi connectivity index (χ2n) is 6.53. The van der Waals surface area contributed by atoms with Crippen LogP contribution in [-0.2, 0) is 14.6 Å². The molecule has 0 bridgehead atoms. The van der Waals surface area contributed by atoms with Gasteiger partial charge in [-0.2, -0.15) is 0 Å². The fourth-order valence-electron chi connectivity index (χ4n) is 3.04. The highest BCUT2D eigenvalue weighted by molar-refractivity contribution is 7.91. The number of primary amides is 1. The number of carbonyl (C=O) groups excluding carboxylic acids is 3. The van der Waals surface area contributed by atoms with Crippen LogP contribution >= 0.6 is 0 Å². The molecule has 0 unspecified atom stereocenters. The number of fused-ring (bicyclic) bond motifs is 2. The molecule has 0 atom stereocenters. The summed E-state index contributed by atoms with van der Waals surface area (Å²) in [6, 6.07) is 9.56. The van der Waals surface area contributed by atoms with Crippen molar-refractivity contribution in [2.75, 3.05) is 6.54 Å². The summed E-state index contributed by atoms with van der Waals surface area (Å²) in [6.45, 7) is 3.15. The minimum atomic E-state index is -3.94. The molecule has 0 aliphatic carbocycles. The molecule has 3 rings (SSSR count). The molecule has 0 radical (unpaired) electrons. The quantitative estimate of drug-likeness (QED) is 0.728. The van der Waals surface area contributed by atoms with Crippen LogP contribution in [0.15, 0.2) is 52.3 Å². The zero-order valence-corrected chi connectivity index (χ0v) is 15.6. The fraction of sp³-hybridized carbons (Fsp3) is 0.211. The molecule has 27 heavy (non-hydrogen) atoms. The molecule has 1 heterocycles. The Morgan fingerprint density at radius 2 is 1.67 bits per heavy atom. The zero-order chi connectivity index (χ0) is 19.9. The molecule has 1 aliphatic heterocycles. The molecule has 2 aromatic rings. The third-order valence-corrected chi connectivity index (χ3v) is 6.25. The predicted molar refractivity (Wildman–Crippen MR) is 97.1 cm³/mol. The molecule has 0 saturated carbocycles. The Morgan fingerprint density at radius 1 is 1.04 bits per heavy atom. The van der Waals surface area contributed by atoms with Gasteiger partial charge in [0.2, 0.25) is 15.7 Å². The Labute approximate surface area is 156 Å². The molecule has 0 saturated heterocycles. The van der Waals surface area contributed by atoms with Gasteiger partial charge in [0.05, 0.1) is 16.3 Å². The van der Waals surface area contributed by atoms with Crippen molar-refractivity contribution >= 4 is 27.4 Å². The summed E-state index contributed by atoms with van der Waals surface area (Å²) in [6.07, 6.45) is 0. The maximum atomic E-state index is 12.9. The first-order valence-corrected chi connectivity index (χ1v) is 9.75. The van der Waals surface area contributed by atoms with Crippen LogP contribution in [0.5, 0.6) is 0 Å². The molecule has 2 N–H and O–H groups in total. The highest BCUT2D eigenvalue weighted by atomic mass is 32.2. The Bertz CT molecular complexity index is 1070. The number of nitrogens with zero attached hydrogens (tertiary/aromatic N) is 1. The van der Waals surface area contributed by atoms with Crippen LogP contribution in [0.3, 0.4) is 0 Å². The van der Waals surface area contributed by atoms with E-state index < -0.39 is 27.4 Å². The number of rotatable bonds is 4. The molecule has 0 aromatic heterocycles. The lowest BCUT2D eigenvalue weighted by Gasteiger charge is -2.26. The minimum Gasteiger partial charge on any atom is -0.368 e. The van der Waals surface area contributed by atoms with Crippen LogP contribution in [0.25, 0.3) is 0 Å². The van der Waals surface area contributed by atoms with E-state index >= 15 is 0 Å². The SMILES string of the molecule is CC(C)N(CC(N)=O)C(=O)c1ccc2c(c1)S(=O)(=O)c1ccccc1C2=O. The molecule has 2 amide bonds. The van der Waals surface area contributed by atoms with Gasteiger partial charge in [0.1, 0.15) is 0 Å². The van der Waals surface area contributed by atoms with Crippen molar-refractivity contribution in [2.45, 2.75) is 29.7 Å². The number of amides is 2. The molecular formula is C19H18N2O5S. The van der Waals surface area contributed by atoms with Gasteiger partial charge in [-0.25, -0.2) is 8.42 Å². The summed E-state index contributed by atoms with van der Waals surface area (Å²) < 4.78 is 25.9. The van der Waals surface area contributed by atoms with Gasteiger partial charge in [0, 0.05) is 22.7 Å². The average molecular weight is 386 g/mol. The van der Waals surface area contributed by atoms with Crippen LogP contribution in [0.2, 0.25) is 0 Å². The average Bonchev–Trinajstić information content (AvgIpc) is 2.63. The number of ketones is 1. The first kappa shape index (κ1) is 18.8. The van der Waals surface area contributed by atoms with E-state index in [4.69, 9.17) is 5.73 Å². The smallest absolute Gasteiger partial charge is 0.254 e. The van der Waals surface area contributed by atoms with E-state index in [-0.39, 0.29) is 39.1 Å².